The lowest BCUT2D eigenvalue weighted by molar-refractivity contribution is 0.473. The molecule has 0 aliphatic carbocycles. The van der Waals surface area contributed by atoms with Crippen LogP contribution >= 0.6 is 39.1 Å². The highest BCUT2D eigenvalue weighted by atomic mass is 79.9. The van der Waals surface area contributed by atoms with Gasteiger partial charge in [-0.2, -0.15) is 0 Å². The zero-order valence-corrected chi connectivity index (χ0v) is 13.6. The first-order valence-electron chi connectivity index (χ1n) is 5.11. The third-order valence-electron chi connectivity index (χ3n) is 2.26. The van der Waals surface area contributed by atoms with E-state index >= 15 is 0 Å². The molecule has 2 N–H and O–H groups in total. The van der Waals surface area contributed by atoms with Crippen molar-refractivity contribution < 1.29 is 13.5 Å². The molecule has 1 heterocycles. The van der Waals surface area contributed by atoms with Gasteiger partial charge in [0.2, 0.25) is 0 Å². The molecule has 0 saturated heterocycles. The van der Waals surface area contributed by atoms with Crippen LogP contribution in [0, 0.1) is 0 Å². The lowest BCUT2D eigenvalue weighted by Crippen LogP contribution is -2.13. The van der Waals surface area contributed by atoms with Crippen LogP contribution in [0.5, 0.6) is 5.75 Å². The Hall–Kier alpha value is -1.02. The van der Waals surface area contributed by atoms with Crippen molar-refractivity contribution in [2.24, 2.45) is 0 Å². The van der Waals surface area contributed by atoms with Gasteiger partial charge in [0.05, 0.1) is 15.6 Å². The Morgan fingerprint density at radius 3 is 2.35 bits per heavy atom. The van der Waals surface area contributed by atoms with Gasteiger partial charge in [-0.1, -0.05) is 23.2 Å². The molecule has 5 nitrogen and oxygen atoms in total. The van der Waals surface area contributed by atoms with Crippen molar-refractivity contribution in [1.29, 1.82) is 0 Å². The fourth-order valence-corrected chi connectivity index (χ4v) is 3.50. The summed E-state index contributed by atoms with van der Waals surface area (Å²) in [7, 11) is -3.94. The summed E-state index contributed by atoms with van der Waals surface area (Å²) in [5.41, 5.74) is -0.0597. The number of aromatic nitrogens is 1. The van der Waals surface area contributed by atoms with Gasteiger partial charge >= 0.3 is 0 Å². The van der Waals surface area contributed by atoms with Crippen LogP contribution in [0.2, 0.25) is 10.0 Å². The summed E-state index contributed by atoms with van der Waals surface area (Å²) >= 11 is 14.6. The molecule has 0 aliphatic heterocycles. The molecule has 1 aromatic heterocycles. The van der Waals surface area contributed by atoms with Gasteiger partial charge in [-0.25, -0.2) is 8.42 Å². The Kier molecular flexibility index (Phi) is 4.43. The van der Waals surface area contributed by atoms with Crippen LogP contribution in [0.15, 0.2) is 40.0 Å². The quantitative estimate of drug-likeness (QED) is 0.828. The third-order valence-corrected chi connectivity index (χ3v) is 4.63. The topological polar surface area (TPSA) is 79.3 Å². The molecule has 9 heteroatoms. The van der Waals surface area contributed by atoms with Crippen LogP contribution in [0.25, 0.3) is 0 Å². The number of aromatic hydroxyl groups is 1. The number of sulfonamides is 1. The molecule has 0 saturated carbocycles. The van der Waals surface area contributed by atoms with E-state index in [1.165, 1.54) is 30.6 Å². The van der Waals surface area contributed by atoms with Crippen LogP contribution in [-0.2, 0) is 10.0 Å². The smallest absolute Gasteiger partial charge is 0.262 e. The summed E-state index contributed by atoms with van der Waals surface area (Å²) < 4.78 is 26.9. The summed E-state index contributed by atoms with van der Waals surface area (Å²) in [6.45, 7) is 0. The molecule has 0 aliphatic rings. The normalized spacial score (nSPS) is 11.3. The van der Waals surface area contributed by atoms with Crippen molar-refractivity contribution >= 4 is 54.8 Å². The van der Waals surface area contributed by atoms with E-state index in [1.807, 2.05) is 0 Å². The molecule has 0 atom stereocenters. The predicted octanol–water partition coefficient (Wildman–Crippen LogP) is 3.66. The molecular formula is C11H7BrCl2N2O3S. The molecular weight excluding hydrogens is 391 g/mol. The van der Waals surface area contributed by atoms with E-state index in [-0.39, 0.29) is 30.9 Å². The minimum absolute atomic E-state index is 0.0597. The average Bonchev–Trinajstić information content (AvgIpc) is 2.33. The van der Waals surface area contributed by atoms with E-state index < -0.39 is 10.0 Å². The van der Waals surface area contributed by atoms with Gasteiger partial charge in [-0.3, -0.25) is 9.71 Å². The molecule has 0 amide bonds. The van der Waals surface area contributed by atoms with Crippen molar-refractivity contribution in [3.05, 3.63) is 45.1 Å². The number of halogens is 3. The van der Waals surface area contributed by atoms with Crippen LogP contribution in [0.1, 0.15) is 0 Å². The second-order valence-electron chi connectivity index (χ2n) is 3.73. The lowest BCUT2D eigenvalue weighted by Gasteiger charge is -2.10. The van der Waals surface area contributed by atoms with Crippen molar-refractivity contribution in [2.75, 3.05) is 4.72 Å². The molecule has 2 rings (SSSR count). The summed E-state index contributed by atoms with van der Waals surface area (Å²) in [5, 5.41) is 10.1. The number of anilines is 1. The van der Waals surface area contributed by atoms with Gasteiger partial charge in [0.15, 0.2) is 5.75 Å². The number of pyridine rings is 1. The van der Waals surface area contributed by atoms with Gasteiger partial charge in [-0.15, -0.1) is 0 Å². The molecule has 0 spiro atoms. The van der Waals surface area contributed by atoms with Crippen molar-refractivity contribution in [2.45, 2.75) is 4.90 Å². The minimum atomic E-state index is -3.94. The highest BCUT2D eigenvalue weighted by molar-refractivity contribution is 9.10. The molecule has 1 aromatic carbocycles. The second kappa shape index (κ2) is 5.77. The number of nitrogens with one attached hydrogen (secondary N) is 1. The molecule has 0 radical (unpaired) electrons. The first-order chi connectivity index (χ1) is 9.29. The Balaban J connectivity index is 2.43. The van der Waals surface area contributed by atoms with Crippen LogP contribution in [-0.4, -0.2) is 18.5 Å². The molecule has 0 unspecified atom stereocenters. The number of benzene rings is 1. The summed E-state index contributed by atoms with van der Waals surface area (Å²) in [5.74, 6) is -0.267. The van der Waals surface area contributed by atoms with Gasteiger partial charge in [0.1, 0.15) is 5.69 Å². The fourth-order valence-electron chi connectivity index (χ4n) is 1.39. The molecule has 106 valence electrons. The SMILES string of the molecule is O=S(=O)(Nc1cncc(Br)c1O)c1cc(Cl)cc(Cl)c1. The highest BCUT2D eigenvalue weighted by Gasteiger charge is 2.18. The first kappa shape index (κ1) is 15.4. The largest absolute Gasteiger partial charge is 0.505 e. The van der Waals surface area contributed by atoms with Crippen LogP contribution in [0.4, 0.5) is 5.69 Å². The maximum Gasteiger partial charge on any atom is 0.262 e. The average molecular weight is 398 g/mol. The van der Waals surface area contributed by atoms with Gasteiger partial charge < -0.3 is 5.11 Å². The fraction of sp³-hybridized carbons (Fsp3) is 0. The Morgan fingerprint density at radius 2 is 1.75 bits per heavy atom. The Labute approximate surface area is 133 Å². The van der Waals surface area contributed by atoms with E-state index in [0.717, 1.165) is 0 Å². The summed E-state index contributed by atoms with van der Waals surface area (Å²) in [6, 6.07) is 3.91. The van der Waals surface area contributed by atoms with E-state index in [0.29, 0.717) is 0 Å². The summed E-state index contributed by atoms with van der Waals surface area (Å²) in [4.78, 5) is 3.66. The van der Waals surface area contributed by atoms with Crippen molar-refractivity contribution in [3.8, 4) is 5.75 Å². The van der Waals surface area contributed by atoms with E-state index in [4.69, 9.17) is 23.2 Å². The highest BCUT2D eigenvalue weighted by Crippen LogP contribution is 2.32. The summed E-state index contributed by atoms with van der Waals surface area (Å²) in [6.07, 6.45) is 2.52. The van der Waals surface area contributed by atoms with Gasteiger partial charge in [0.25, 0.3) is 10.0 Å². The van der Waals surface area contributed by atoms with Crippen molar-refractivity contribution in [3.63, 3.8) is 0 Å². The van der Waals surface area contributed by atoms with E-state index in [2.05, 4.69) is 25.6 Å². The second-order valence-corrected chi connectivity index (χ2v) is 7.14. The Morgan fingerprint density at radius 1 is 1.15 bits per heavy atom. The van der Waals surface area contributed by atoms with Gasteiger partial charge in [0, 0.05) is 16.2 Å². The van der Waals surface area contributed by atoms with E-state index in [9.17, 15) is 13.5 Å². The van der Waals surface area contributed by atoms with E-state index in [1.54, 1.807) is 0 Å². The number of rotatable bonds is 3. The molecule has 20 heavy (non-hydrogen) atoms. The zero-order chi connectivity index (χ0) is 14.9. The molecule has 0 bridgehead atoms. The Bertz CT molecular complexity index is 748. The van der Waals surface area contributed by atoms with Crippen molar-refractivity contribution in [1.82, 2.24) is 4.98 Å². The zero-order valence-electron chi connectivity index (χ0n) is 9.64. The third kappa shape index (κ3) is 3.35. The first-order valence-corrected chi connectivity index (χ1v) is 8.14. The maximum absolute atomic E-state index is 12.2. The number of nitrogens with zero attached hydrogens (tertiary/aromatic N) is 1. The van der Waals surface area contributed by atoms with Crippen LogP contribution < -0.4 is 4.72 Å². The lowest BCUT2D eigenvalue weighted by atomic mass is 10.4. The number of hydrogen-bond donors (Lipinski definition) is 2. The standard InChI is InChI=1S/C11H7BrCl2N2O3S/c12-9-4-15-5-10(11(9)17)16-20(18,19)8-2-6(13)1-7(14)3-8/h1-5,16H,(H,15,17). The van der Waals surface area contributed by atoms with Gasteiger partial charge in [-0.05, 0) is 34.1 Å². The maximum atomic E-state index is 12.2. The van der Waals surface area contributed by atoms with Crippen LogP contribution in [0.3, 0.4) is 0 Å². The monoisotopic (exact) mass is 396 g/mol. The minimum Gasteiger partial charge on any atom is -0.505 e. The number of hydrogen-bond acceptors (Lipinski definition) is 4. The predicted molar refractivity (Wildman–Crippen MR) is 80.9 cm³/mol. The molecule has 0 fully saturated rings. The molecule has 2 aromatic rings.